The molecule has 1 N–H and O–H groups in total. The largest absolute Gasteiger partial charge is 0.329 e. The lowest BCUT2D eigenvalue weighted by Gasteiger charge is -2.08. The van der Waals surface area contributed by atoms with Gasteiger partial charge in [0.2, 0.25) is 0 Å². The molecule has 2 heterocycles. The standard InChI is InChI=1S/C17H16BrClN4O2S/c1-10(19)6-7-26-17-20-14-13(15(24)21-16(25)22(14)2)23(17)9-11-4-3-5-12(18)8-11/h3-6,8H,7,9H2,1-2H3,(H,21,24,25)/b10-6-. The molecule has 3 aromatic rings. The maximum atomic E-state index is 12.4. The van der Waals surface area contributed by atoms with Gasteiger partial charge in [0.15, 0.2) is 16.3 Å². The van der Waals surface area contributed by atoms with E-state index in [9.17, 15) is 9.59 Å². The summed E-state index contributed by atoms with van der Waals surface area (Å²) in [5.74, 6) is 0.614. The highest BCUT2D eigenvalue weighted by atomic mass is 79.9. The summed E-state index contributed by atoms with van der Waals surface area (Å²) in [6, 6.07) is 7.84. The Bertz CT molecular complexity index is 1110. The minimum absolute atomic E-state index is 0.364. The third kappa shape index (κ3) is 3.97. The van der Waals surface area contributed by atoms with E-state index in [4.69, 9.17) is 11.6 Å². The lowest BCUT2D eigenvalue weighted by molar-refractivity contribution is 0.728. The molecule has 3 rings (SSSR count). The Morgan fingerprint density at radius 1 is 1.42 bits per heavy atom. The van der Waals surface area contributed by atoms with E-state index in [1.807, 2.05) is 34.9 Å². The average molecular weight is 456 g/mol. The third-order valence-corrected chi connectivity index (χ3v) is 5.33. The van der Waals surface area contributed by atoms with Crippen molar-refractivity contribution < 1.29 is 0 Å². The summed E-state index contributed by atoms with van der Waals surface area (Å²) in [4.78, 5) is 31.2. The number of aryl methyl sites for hydroxylation is 1. The maximum Gasteiger partial charge on any atom is 0.329 e. The van der Waals surface area contributed by atoms with E-state index < -0.39 is 11.2 Å². The van der Waals surface area contributed by atoms with Gasteiger partial charge in [-0.1, -0.05) is 57.5 Å². The first kappa shape index (κ1) is 19.0. The highest BCUT2D eigenvalue weighted by molar-refractivity contribution is 9.10. The Morgan fingerprint density at radius 3 is 2.88 bits per heavy atom. The van der Waals surface area contributed by atoms with Gasteiger partial charge in [-0.3, -0.25) is 14.3 Å². The molecule has 0 atom stereocenters. The number of nitrogens with one attached hydrogen (secondary N) is 1. The molecular formula is C17H16BrClN4O2S. The predicted octanol–water partition coefficient (Wildman–Crippen LogP) is 3.47. The number of hydrogen-bond donors (Lipinski definition) is 1. The van der Waals surface area contributed by atoms with Gasteiger partial charge in [-0.2, -0.15) is 0 Å². The smallest absolute Gasteiger partial charge is 0.309 e. The van der Waals surface area contributed by atoms with Crippen LogP contribution in [0.15, 0.2) is 54.6 Å². The van der Waals surface area contributed by atoms with Gasteiger partial charge in [-0.25, -0.2) is 9.78 Å². The minimum Gasteiger partial charge on any atom is -0.309 e. The quantitative estimate of drug-likeness (QED) is 0.598. The van der Waals surface area contributed by atoms with E-state index >= 15 is 0 Å². The third-order valence-electron chi connectivity index (χ3n) is 3.78. The van der Waals surface area contributed by atoms with Gasteiger partial charge in [0.1, 0.15) is 0 Å². The Kier molecular flexibility index (Phi) is 5.74. The number of halogens is 2. The number of nitrogens with zero attached hydrogens (tertiary/aromatic N) is 3. The molecule has 0 saturated carbocycles. The maximum absolute atomic E-state index is 12.4. The van der Waals surface area contributed by atoms with Crippen LogP contribution in [0.4, 0.5) is 0 Å². The molecule has 136 valence electrons. The molecule has 9 heteroatoms. The van der Waals surface area contributed by atoms with E-state index in [1.165, 1.54) is 16.3 Å². The number of H-pyrrole nitrogens is 1. The highest BCUT2D eigenvalue weighted by Gasteiger charge is 2.17. The van der Waals surface area contributed by atoms with Gasteiger partial charge in [0, 0.05) is 22.3 Å². The fourth-order valence-electron chi connectivity index (χ4n) is 2.52. The van der Waals surface area contributed by atoms with Crippen LogP contribution in [0.25, 0.3) is 11.2 Å². The van der Waals surface area contributed by atoms with Crippen LogP contribution in [-0.4, -0.2) is 24.9 Å². The number of benzene rings is 1. The molecule has 0 unspecified atom stereocenters. The van der Waals surface area contributed by atoms with Crippen LogP contribution in [0.3, 0.4) is 0 Å². The lowest BCUT2D eigenvalue weighted by Crippen LogP contribution is -2.29. The van der Waals surface area contributed by atoms with Crippen LogP contribution in [-0.2, 0) is 13.6 Å². The zero-order chi connectivity index (χ0) is 18.8. The average Bonchev–Trinajstić information content (AvgIpc) is 2.92. The van der Waals surface area contributed by atoms with E-state index in [0.29, 0.717) is 33.7 Å². The van der Waals surface area contributed by atoms with E-state index in [2.05, 4.69) is 25.9 Å². The normalized spacial score (nSPS) is 12.1. The molecule has 1 aromatic carbocycles. The number of thioether (sulfide) groups is 1. The Morgan fingerprint density at radius 2 is 2.19 bits per heavy atom. The second-order valence-electron chi connectivity index (χ2n) is 5.70. The molecule has 26 heavy (non-hydrogen) atoms. The van der Waals surface area contributed by atoms with Crippen molar-refractivity contribution in [3.63, 3.8) is 0 Å². The van der Waals surface area contributed by atoms with E-state index in [0.717, 1.165) is 10.0 Å². The second kappa shape index (κ2) is 7.85. The number of hydrogen-bond acceptors (Lipinski definition) is 4. The van der Waals surface area contributed by atoms with Crippen molar-refractivity contribution >= 4 is 50.5 Å². The zero-order valence-corrected chi connectivity index (χ0v) is 17.3. The van der Waals surface area contributed by atoms with Crippen molar-refractivity contribution in [2.24, 2.45) is 7.05 Å². The van der Waals surface area contributed by atoms with Gasteiger partial charge in [0.25, 0.3) is 5.56 Å². The molecule has 0 spiro atoms. The van der Waals surface area contributed by atoms with Crippen LogP contribution >= 0.6 is 39.3 Å². The fraction of sp³-hybridized carbons (Fsp3) is 0.235. The SMILES string of the molecule is C/C(Cl)=C/CSc1nc2c(c(=O)[nH]c(=O)n2C)n1Cc1cccc(Br)c1. The van der Waals surface area contributed by atoms with E-state index in [1.54, 1.807) is 14.0 Å². The number of rotatable bonds is 5. The molecule has 0 aliphatic rings. The summed E-state index contributed by atoms with van der Waals surface area (Å²) in [5, 5.41) is 1.35. The molecule has 0 amide bonds. The molecule has 2 aromatic heterocycles. The Labute approximate surface area is 167 Å². The van der Waals surface area contributed by atoms with Crippen LogP contribution in [0.1, 0.15) is 12.5 Å². The van der Waals surface area contributed by atoms with E-state index in [-0.39, 0.29) is 0 Å². The molecule has 0 fully saturated rings. The molecule has 0 aliphatic carbocycles. The second-order valence-corrected chi connectivity index (χ2v) is 8.20. The van der Waals surface area contributed by atoms with Crippen molar-refractivity contribution in [2.75, 3.05) is 5.75 Å². The zero-order valence-electron chi connectivity index (χ0n) is 14.1. The summed E-state index contributed by atoms with van der Waals surface area (Å²) < 4.78 is 4.13. The van der Waals surface area contributed by atoms with Crippen molar-refractivity contribution in [1.29, 1.82) is 0 Å². The number of imidazole rings is 1. The first-order chi connectivity index (χ1) is 12.4. The van der Waals surface area contributed by atoms with Gasteiger partial charge in [-0.05, 0) is 24.6 Å². The van der Waals surface area contributed by atoms with Crippen LogP contribution in [0.5, 0.6) is 0 Å². The van der Waals surface area contributed by atoms with Crippen molar-refractivity contribution in [2.45, 2.75) is 18.6 Å². The number of fused-ring (bicyclic) bond motifs is 1. The first-order valence-corrected chi connectivity index (χ1v) is 9.91. The monoisotopic (exact) mass is 454 g/mol. The predicted molar refractivity (Wildman–Crippen MR) is 109 cm³/mol. The van der Waals surface area contributed by atoms with Gasteiger partial charge >= 0.3 is 5.69 Å². The summed E-state index contributed by atoms with van der Waals surface area (Å²) >= 11 is 10.8. The van der Waals surface area contributed by atoms with Crippen molar-refractivity contribution in [3.05, 3.63) is 66.2 Å². The van der Waals surface area contributed by atoms with Gasteiger partial charge < -0.3 is 4.57 Å². The summed E-state index contributed by atoms with van der Waals surface area (Å²) in [5.41, 5.74) is 0.825. The van der Waals surface area contributed by atoms with Crippen LogP contribution in [0.2, 0.25) is 0 Å². The van der Waals surface area contributed by atoms with Crippen LogP contribution < -0.4 is 11.2 Å². The molecule has 0 aliphatic heterocycles. The van der Waals surface area contributed by atoms with Crippen LogP contribution in [0, 0.1) is 0 Å². The highest BCUT2D eigenvalue weighted by Crippen LogP contribution is 2.24. The minimum atomic E-state index is -0.484. The lowest BCUT2D eigenvalue weighted by atomic mass is 10.2. The Balaban J connectivity index is 2.16. The summed E-state index contributed by atoms with van der Waals surface area (Å²) in [6.07, 6.45) is 1.87. The topological polar surface area (TPSA) is 72.7 Å². The van der Waals surface area contributed by atoms with Crippen molar-refractivity contribution in [3.8, 4) is 0 Å². The van der Waals surface area contributed by atoms with Gasteiger partial charge in [-0.15, -0.1) is 0 Å². The van der Waals surface area contributed by atoms with Crippen molar-refractivity contribution in [1.82, 2.24) is 19.1 Å². The molecular weight excluding hydrogens is 440 g/mol. The first-order valence-electron chi connectivity index (χ1n) is 7.76. The molecule has 0 bridgehead atoms. The summed E-state index contributed by atoms with van der Waals surface area (Å²) in [6.45, 7) is 2.27. The molecule has 0 radical (unpaired) electrons. The van der Waals surface area contributed by atoms with Gasteiger partial charge in [0.05, 0.1) is 6.54 Å². The fourth-order valence-corrected chi connectivity index (χ4v) is 4.08. The number of aromatic nitrogens is 4. The number of aromatic amines is 1. The number of allylic oxidation sites excluding steroid dienone is 1. The molecule has 0 saturated heterocycles. The summed E-state index contributed by atoms with van der Waals surface area (Å²) in [7, 11) is 1.59. The molecule has 6 nitrogen and oxygen atoms in total. The Hall–Kier alpha value is -1.77.